The predicted molar refractivity (Wildman–Crippen MR) is 120 cm³/mol. The Hall–Kier alpha value is -2.69. The number of hydrogen-bond acceptors (Lipinski definition) is 5. The summed E-state index contributed by atoms with van der Waals surface area (Å²) in [6.45, 7) is 4.30. The zero-order chi connectivity index (χ0) is 22.4. The lowest BCUT2D eigenvalue weighted by molar-refractivity contribution is -0.113. The first-order valence-corrected chi connectivity index (χ1v) is 12.1. The number of anilines is 1. The van der Waals surface area contributed by atoms with E-state index in [4.69, 9.17) is 0 Å². The van der Waals surface area contributed by atoms with E-state index in [1.807, 2.05) is 0 Å². The second-order valence-electron chi connectivity index (χ2n) is 6.56. The molecule has 1 amide bonds. The number of nitrogens with zero attached hydrogens (tertiary/aromatic N) is 2. The van der Waals surface area contributed by atoms with Gasteiger partial charge in [-0.1, -0.05) is 31.7 Å². The number of halogens is 1. The van der Waals surface area contributed by atoms with E-state index >= 15 is 0 Å². The minimum Gasteiger partial charge on any atom is -0.333 e. The first kappa shape index (κ1) is 23.0. The number of rotatable bonds is 9. The van der Waals surface area contributed by atoms with Gasteiger partial charge in [0, 0.05) is 18.8 Å². The van der Waals surface area contributed by atoms with Crippen LogP contribution in [0.25, 0.3) is 11.3 Å². The molecule has 0 aliphatic rings. The maximum atomic E-state index is 13.1. The number of thioether (sulfide) groups is 1. The number of benzene rings is 2. The number of aromatic nitrogens is 2. The fourth-order valence-corrected chi connectivity index (χ4v) is 5.08. The van der Waals surface area contributed by atoms with Gasteiger partial charge >= 0.3 is 0 Å². The van der Waals surface area contributed by atoms with Gasteiger partial charge in [0.2, 0.25) is 15.9 Å². The minimum atomic E-state index is -3.60. The molecular weight excluding hydrogens is 439 g/mol. The lowest BCUT2D eigenvalue weighted by Crippen LogP contribution is -2.30. The van der Waals surface area contributed by atoms with Crippen LogP contribution in [-0.4, -0.2) is 47.4 Å². The third-order valence-corrected chi connectivity index (χ3v) is 7.44. The van der Waals surface area contributed by atoms with E-state index in [2.05, 4.69) is 15.3 Å². The molecule has 0 bridgehead atoms. The van der Waals surface area contributed by atoms with E-state index in [9.17, 15) is 17.6 Å². The van der Waals surface area contributed by atoms with E-state index in [0.717, 1.165) is 11.3 Å². The number of carbonyl (C=O) groups excluding carboxylic acids is 1. The Morgan fingerprint density at radius 3 is 2.55 bits per heavy atom. The van der Waals surface area contributed by atoms with Gasteiger partial charge in [-0.2, -0.15) is 4.31 Å². The van der Waals surface area contributed by atoms with E-state index in [0.29, 0.717) is 23.9 Å². The van der Waals surface area contributed by atoms with Crippen molar-refractivity contribution < 1.29 is 17.6 Å². The standard InChI is InChI=1S/C21H23FN4O3S2/c1-3-26(4-2)31(28,29)18-7-5-6-17(12-18)24-20(27)14-30-21-23-13-19(25-21)15-8-10-16(22)11-9-15/h5-13H,3-4,14H2,1-2H3,(H,23,25)(H,24,27). The fraction of sp³-hybridized carbons (Fsp3) is 0.238. The molecule has 1 aromatic heterocycles. The van der Waals surface area contributed by atoms with Gasteiger partial charge in [0.15, 0.2) is 5.16 Å². The van der Waals surface area contributed by atoms with Gasteiger partial charge in [-0.15, -0.1) is 0 Å². The average molecular weight is 463 g/mol. The molecular formula is C21H23FN4O3S2. The highest BCUT2D eigenvalue weighted by molar-refractivity contribution is 7.99. The fourth-order valence-electron chi connectivity index (χ4n) is 2.93. The molecule has 7 nitrogen and oxygen atoms in total. The van der Waals surface area contributed by atoms with E-state index < -0.39 is 10.0 Å². The molecule has 3 aromatic rings. The molecule has 1 heterocycles. The van der Waals surface area contributed by atoms with Crippen LogP contribution in [0.4, 0.5) is 10.1 Å². The molecule has 0 radical (unpaired) electrons. The zero-order valence-electron chi connectivity index (χ0n) is 17.1. The van der Waals surface area contributed by atoms with Crippen LogP contribution in [0, 0.1) is 5.82 Å². The second-order valence-corrected chi connectivity index (χ2v) is 9.46. The molecule has 31 heavy (non-hydrogen) atoms. The predicted octanol–water partition coefficient (Wildman–Crippen LogP) is 3.98. The molecule has 0 aliphatic heterocycles. The Morgan fingerprint density at radius 2 is 1.87 bits per heavy atom. The zero-order valence-corrected chi connectivity index (χ0v) is 18.8. The summed E-state index contributed by atoms with van der Waals surface area (Å²) in [5, 5.41) is 3.27. The van der Waals surface area contributed by atoms with Crippen molar-refractivity contribution in [2.45, 2.75) is 23.9 Å². The molecule has 0 aliphatic carbocycles. The molecule has 0 saturated carbocycles. The lowest BCUT2D eigenvalue weighted by atomic mass is 10.2. The molecule has 3 rings (SSSR count). The van der Waals surface area contributed by atoms with Crippen molar-refractivity contribution in [3.63, 3.8) is 0 Å². The molecule has 0 unspecified atom stereocenters. The minimum absolute atomic E-state index is 0.0867. The molecule has 164 valence electrons. The van der Waals surface area contributed by atoms with E-state index in [1.165, 1.54) is 40.3 Å². The first-order chi connectivity index (χ1) is 14.8. The Balaban J connectivity index is 1.61. The number of carbonyl (C=O) groups is 1. The van der Waals surface area contributed by atoms with Gasteiger partial charge in [-0.3, -0.25) is 4.79 Å². The summed E-state index contributed by atoms with van der Waals surface area (Å²) in [6.07, 6.45) is 1.62. The first-order valence-electron chi connectivity index (χ1n) is 9.67. The normalized spacial score (nSPS) is 11.6. The van der Waals surface area contributed by atoms with Crippen LogP contribution in [0.3, 0.4) is 0 Å². The van der Waals surface area contributed by atoms with Gasteiger partial charge in [0.25, 0.3) is 0 Å². The summed E-state index contributed by atoms with van der Waals surface area (Å²) in [6, 6.07) is 12.2. The van der Waals surface area contributed by atoms with Crippen LogP contribution in [0.2, 0.25) is 0 Å². The van der Waals surface area contributed by atoms with Crippen LogP contribution < -0.4 is 5.32 Å². The summed E-state index contributed by atoms with van der Waals surface area (Å²) >= 11 is 1.21. The van der Waals surface area contributed by atoms with Crippen molar-refractivity contribution in [2.24, 2.45) is 0 Å². The van der Waals surface area contributed by atoms with Crippen molar-refractivity contribution in [1.82, 2.24) is 14.3 Å². The Kier molecular flexibility index (Phi) is 7.47. The van der Waals surface area contributed by atoms with Crippen LogP contribution in [0.1, 0.15) is 13.8 Å². The highest BCUT2D eigenvalue weighted by Crippen LogP contribution is 2.23. The molecule has 0 atom stereocenters. The molecule has 0 spiro atoms. The Morgan fingerprint density at radius 1 is 1.16 bits per heavy atom. The number of hydrogen-bond donors (Lipinski definition) is 2. The van der Waals surface area contributed by atoms with Gasteiger partial charge in [-0.25, -0.2) is 17.8 Å². The Bertz CT molecular complexity index is 1140. The van der Waals surface area contributed by atoms with Gasteiger partial charge < -0.3 is 10.3 Å². The number of amides is 1. The maximum absolute atomic E-state index is 13.1. The molecule has 0 saturated heterocycles. The second kappa shape index (κ2) is 10.1. The van der Waals surface area contributed by atoms with Crippen molar-refractivity contribution in [3.05, 3.63) is 60.5 Å². The molecule has 2 aromatic carbocycles. The third-order valence-electron chi connectivity index (χ3n) is 4.51. The van der Waals surface area contributed by atoms with Gasteiger partial charge in [0.1, 0.15) is 5.82 Å². The van der Waals surface area contributed by atoms with E-state index in [-0.39, 0.29) is 22.4 Å². The van der Waals surface area contributed by atoms with Crippen molar-refractivity contribution >= 4 is 33.4 Å². The molecule has 0 fully saturated rings. The topological polar surface area (TPSA) is 95.2 Å². The van der Waals surface area contributed by atoms with Crippen molar-refractivity contribution in [3.8, 4) is 11.3 Å². The number of imidazole rings is 1. The number of H-pyrrole nitrogens is 1. The lowest BCUT2D eigenvalue weighted by Gasteiger charge is -2.18. The summed E-state index contributed by atoms with van der Waals surface area (Å²) in [4.78, 5) is 19.8. The number of nitrogens with one attached hydrogen (secondary N) is 2. The van der Waals surface area contributed by atoms with Crippen LogP contribution in [0.15, 0.2) is 64.8 Å². The van der Waals surface area contributed by atoms with Crippen LogP contribution in [0.5, 0.6) is 0 Å². The SMILES string of the molecule is CCN(CC)S(=O)(=O)c1cccc(NC(=O)CSc2ncc(-c3ccc(F)cc3)[nH]2)c1. The summed E-state index contributed by atoms with van der Waals surface area (Å²) < 4.78 is 39.7. The average Bonchev–Trinajstić information content (AvgIpc) is 3.23. The number of sulfonamides is 1. The summed E-state index contributed by atoms with van der Waals surface area (Å²) in [5.41, 5.74) is 1.92. The maximum Gasteiger partial charge on any atom is 0.243 e. The number of aromatic amines is 1. The van der Waals surface area contributed by atoms with Crippen molar-refractivity contribution in [1.29, 1.82) is 0 Å². The molecule has 2 N–H and O–H groups in total. The summed E-state index contributed by atoms with van der Waals surface area (Å²) in [5.74, 6) is -0.519. The van der Waals surface area contributed by atoms with Crippen LogP contribution >= 0.6 is 11.8 Å². The Labute approximate surface area is 185 Å². The quantitative estimate of drug-likeness (QED) is 0.469. The highest BCUT2D eigenvalue weighted by Gasteiger charge is 2.21. The largest absolute Gasteiger partial charge is 0.333 e. The van der Waals surface area contributed by atoms with Gasteiger partial charge in [0.05, 0.1) is 22.5 Å². The monoisotopic (exact) mass is 462 g/mol. The molecule has 10 heteroatoms. The smallest absolute Gasteiger partial charge is 0.243 e. The van der Waals surface area contributed by atoms with Gasteiger partial charge in [-0.05, 0) is 48.0 Å². The highest BCUT2D eigenvalue weighted by atomic mass is 32.2. The van der Waals surface area contributed by atoms with E-state index in [1.54, 1.807) is 44.3 Å². The summed E-state index contributed by atoms with van der Waals surface area (Å²) in [7, 11) is -3.60. The third kappa shape index (κ3) is 5.72. The van der Waals surface area contributed by atoms with Crippen LogP contribution in [-0.2, 0) is 14.8 Å². The van der Waals surface area contributed by atoms with Crippen molar-refractivity contribution in [2.75, 3.05) is 24.2 Å².